The number of halogens is 1. The summed E-state index contributed by atoms with van der Waals surface area (Å²) in [5.74, 6) is -0.532. The van der Waals surface area contributed by atoms with E-state index in [-0.39, 0.29) is 6.54 Å². The number of benzene rings is 1. The van der Waals surface area contributed by atoms with E-state index < -0.39 is 17.2 Å². The van der Waals surface area contributed by atoms with E-state index in [0.29, 0.717) is 16.6 Å². The Labute approximate surface area is 145 Å². The lowest BCUT2D eigenvalue weighted by Gasteiger charge is -2.08. The minimum Gasteiger partial charge on any atom is -0.368 e. The number of hydrogen-bond donors (Lipinski definition) is 1. The number of carbonyl (C=O) groups excluding carboxylic acids is 1. The monoisotopic (exact) mass is 390 g/mol. The summed E-state index contributed by atoms with van der Waals surface area (Å²) in [6.45, 7) is -0.0859. The van der Waals surface area contributed by atoms with Crippen LogP contribution in [-0.2, 0) is 25.4 Å². The van der Waals surface area contributed by atoms with Crippen molar-refractivity contribution in [3.8, 4) is 11.3 Å². The van der Waals surface area contributed by atoms with Gasteiger partial charge in [0, 0.05) is 24.8 Å². The summed E-state index contributed by atoms with van der Waals surface area (Å²) in [5, 5.41) is 0.378. The van der Waals surface area contributed by atoms with E-state index in [9.17, 15) is 14.4 Å². The lowest BCUT2D eigenvalue weighted by molar-refractivity contribution is -0.118. The average Bonchev–Trinajstić information content (AvgIpc) is 2.90. The van der Waals surface area contributed by atoms with E-state index in [2.05, 4.69) is 15.9 Å². The Morgan fingerprint density at radius 1 is 1.12 bits per heavy atom. The van der Waals surface area contributed by atoms with Gasteiger partial charge >= 0.3 is 5.69 Å². The smallest absolute Gasteiger partial charge is 0.330 e. The SMILES string of the molecule is Cn1c(=O)c2c(-c3ccc(Br)cc3)n(CC(N)=O)cc2n(C)c1=O. The van der Waals surface area contributed by atoms with Crippen molar-refractivity contribution in [3.63, 3.8) is 0 Å². The van der Waals surface area contributed by atoms with Crippen molar-refractivity contribution in [1.29, 1.82) is 0 Å². The minimum absolute atomic E-state index is 0.0859. The molecule has 0 aliphatic carbocycles. The molecule has 0 fully saturated rings. The molecule has 24 heavy (non-hydrogen) atoms. The molecular weight excluding hydrogens is 376 g/mol. The fraction of sp³-hybridized carbons (Fsp3) is 0.188. The highest BCUT2D eigenvalue weighted by atomic mass is 79.9. The number of nitrogens with two attached hydrogens (primary N) is 1. The largest absolute Gasteiger partial charge is 0.368 e. The molecular formula is C16H15BrN4O3. The molecule has 124 valence electrons. The van der Waals surface area contributed by atoms with Crippen molar-refractivity contribution in [3.05, 3.63) is 55.8 Å². The first kappa shape index (κ1) is 16.3. The highest BCUT2D eigenvalue weighted by Gasteiger charge is 2.19. The molecule has 7 nitrogen and oxygen atoms in total. The van der Waals surface area contributed by atoms with Gasteiger partial charge in [0.25, 0.3) is 5.56 Å². The molecule has 8 heteroatoms. The molecule has 0 aliphatic rings. The molecule has 1 amide bonds. The van der Waals surface area contributed by atoms with Gasteiger partial charge in [-0.3, -0.25) is 18.7 Å². The Morgan fingerprint density at radius 2 is 1.75 bits per heavy atom. The van der Waals surface area contributed by atoms with E-state index in [1.165, 1.54) is 11.6 Å². The highest BCUT2D eigenvalue weighted by Crippen LogP contribution is 2.29. The number of amides is 1. The van der Waals surface area contributed by atoms with Gasteiger partial charge in [0.15, 0.2) is 0 Å². The molecule has 0 spiro atoms. The van der Waals surface area contributed by atoms with Gasteiger partial charge in [-0.25, -0.2) is 4.79 Å². The molecule has 0 unspecified atom stereocenters. The molecule has 0 bridgehead atoms. The number of aryl methyl sites for hydroxylation is 1. The van der Waals surface area contributed by atoms with Gasteiger partial charge in [-0.05, 0) is 17.7 Å². The molecule has 0 aliphatic heterocycles. The van der Waals surface area contributed by atoms with Crippen LogP contribution in [0.15, 0.2) is 44.5 Å². The molecule has 2 N–H and O–H groups in total. The molecule has 1 aromatic carbocycles. The maximum atomic E-state index is 12.7. The van der Waals surface area contributed by atoms with Crippen molar-refractivity contribution in [2.75, 3.05) is 0 Å². The minimum atomic E-state index is -0.532. The van der Waals surface area contributed by atoms with Crippen LogP contribution >= 0.6 is 15.9 Å². The molecule has 0 radical (unpaired) electrons. The number of nitrogens with zero attached hydrogens (tertiary/aromatic N) is 3. The molecule has 0 saturated heterocycles. The second kappa shape index (κ2) is 5.79. The molecule has 3 rings (SSSR count). The Kier molecular flexibility index (Phi) is 3.92. The van der Waals surface area contributed by atoms with Crippen LogP contribution in [0.3, 0.4) is 0 Å². The molecule has 2 heterocycles. The van der Waals surface area contributed by atoms with Gasteiger partial charge < -0.3 is 10.3 Å². The topological polar surface area (TPSA) is 92.0 Å². The molecule has 3 aromatic rings. The van der Waals surface area contributed by atoms with E-state index in [4.69, 9.17) is 5.73 Å². The predicted octanol–water partition coefficient (Wildman–Crippen LogP) is 0.953. The summed E-state index contributed by atoms with van der Waals surface area (Å²) >= 11 is 3.37. The number of aromatic nitrogens is 3. The van der Waals surface area contributed by atoms with Crippen LogP contribution in [0.1, 0.15) is 0 Å². The van der Waals surface area contributed by atoms with Crippen LogP contribution < -0.4 is 17.0 Å². The quantitative estimate of drug-likeness (QED) is 0.721. The fourth-order valence-electron chi connectivity index (χ4n) is 2.80. The summed E-state index contributed by atoms with van der Waals surface area (Å²) in [6, 6.07) is 7.35. The van der Waals surface area contributed by atoms with Crippen molar-refractivity contribution >= 4 is 32.7 Å². The standard InChI is InChI=1S/C16H15BrN4O3/c1-19-11-7-21(8-12(18)22)14(9-3-5-10(17)6-4-9)13(11)15(23)20(2)16(19)24/h3-7H,8H2,1-2H3,(H2,18,22). The van der Waals surface area contributed by atoms with Gasteiger partial charge in [0.2, 0.25) is 5.91 Å². The Bertz CT molecular complexity index is 1070. The normalized spacial score (nSPS) is 11.1. The van der Waals surface area contributed by atoms with Crippen molar-refractivity contribution < 1.29 is 4.79 Å². The predicted molar refractivity (Wildman–Crippen MR) is 94.8 cm³/mol. The number of fused-ring (bicyclic) bond motifs is 1. The number of hydrogen-bond acceptors (Lipinski definition) is 3. The third kappa shape index (κ3) is 2.48. The first-order chi connectivity index (χ1) is 11.3. The van der Waals surface area contributed by atoms with Crippen LogP contribution in [0.5, 0.6) is 0 Å². The summed E-state index contributed by atoms with van der Waals surface area (Å²) in [6.07, 6.45) is 1.61. The van der Waals surface area contributed by atoms with Crippen LogP contribution in [0.4, 0.5) is 0 Å². The van der Waals surface area contributed by atoms with E-state index in [0.717, 1.165) is 14.6 Å². The van der Waals surface area contributed by atoms with Crippen molar-refractivity contribution in [2.45, 2.75) is 6.54 Å². The summed E-state index contributed by atoms with van der Waals surface area (Å²) < 4.78 is 4.94. The molecule has 2 aromatic heterocycles. The first-order valence-electron chi connectivity index (χ1n) is 7.14. The van der Waals surface area contributed by atoms with Crippen LogP contribution in [0.2, 0.25) is 0 Å². The van der Waals surface area contributed by atoms with Gasteiger partial charge in [0.05, 0.1) is 16.6 Å². The van der Waals surface area contributed by atoms with Gasteiger partial charge in [-0.15, -0.1) is 0 Å². The van der Waals surface area contributed by atoms with E-state index in [1.807, 2.05) is 24.3 Å². The third-order valence-corrected chi connectivity index (χ3v) is 4.48. The van der Waals surface area contributed by atoms with Gasteiger partial charge in [-0.2, -0.15) is 0 Å². The van der Waals surface area contributed by atoms with Crippen molar-refractivity contribution in [2.24, 2.45) is 19.8 Å². The zero-order valence-corrected chi connectivity index (χ0v) is 14.7. The Morgan fingerprint density at radius 3 is 2.33 bits per heavy atom. The van der Waals surface area contributed by atoms with Crippen molar-refractivity contribution in [1.82, 2.24) is 13.7 Å². The zero-order valence-electron chi connectivity index (χ0n) is 13.1. The van der Waals surface area contributed by atoms with Crippen LogP contribution in [0.25, 0.3) is 22.2 Å². The van der Waals surface area contributed by atoms with E-state index >= 15 is 0 Å². The zero-order chi connectivity index (χ0) is 17.6. The van der Waals surface area contributed by atoms with E-state index in [1.54, 1.807) is 17.8 Å². The summed E-state index contributed by atoms with van der Waals surface area (Å²) in [4.78, 5) is 36.2. The van der Waals surface area contributed by atoms with Gasteiger partial charge in [-0.1, -0.05) is 28.1 Å². The third-order valence-electron chi connectivity index (χ3n) is 3.96. The van der Waals surface area contributed by atoms with Crippen LogP contribution in [0, 0.1) is 0 Å². The second-order valence-electron chi connectivity index (χ2n) is 5.54. The number of primary amides is 1. The fourth-order valence-corrected chi connectivity index (χ4v) is 3.06. The molecule has 0 saturated carbocycles. The number of carbonyl (C=O) groups is 1. The maximum Gasteiger partial charge on any atom is 0.330 e. The lowest BCUT2D eigenvalue weighted by Crippen LogP contribution is -2.36. The lowest BCUT2D eigenvalue weighted by atomic mass is 10.1. The summed E-state index contributed by atoms with van der Waals surface area (Å²) in [7, 11) is 3.02. The second-order valence-corrected chi connectivity index (χ2v) is 6.46. The maximum absolute atomic E-state index is 12.7. The average molecular weight is 391 g/mol. The van der Waals surface area contributed by atoms with Gasteiger partial charge in [0.1, 0.15) is 6.54 Å². The Balaban J connectivity index is 2.48. The Hall–Kier alpha value is -2.61. The molecule has 0 atom stereocenters. The first-order valence-corrected chi connectivity index (χ1v) is 7.93. The number of rotatable bonds is 3. The highest BCUT2D eigenvalue weighted by molar-refractivity contribution is 9.10. The van der Waals surface area contributed by atoms with Crippen LogP contribution in [-0.4, -0.2) is 19.6 Å². The summed E-state index contributed by atoms with van der Waals surface area (Å²) in [5.41, 5.74) is 6.28.